The summed E-state index contributed by atoms with van der Waals surface area (Å²) in [5, 5.41) is 6.67. The Morgan fingerprint density at radius 2 is 1.61 bits per heavy atom. The zero-order chi connectivity index (χ0) is 23.2. The monoisotopic (exact) mass is 490 g/mol. The predicted molar refractivity (Wildman–Crippen MR) is 132 cm³/mol. The first-order valence-corrected chi connectivity index (χ1v) is 12.0. The van der Waals surface area contributed by atoms with E-state index in [1.54, 1.807) is 24.3 Å². The van der Waals surface area contributed by atoms with Crippen LogP contribution in [0.4, 0.5) is 11.4 Å². The summed E-state index contributed by atoms with van der Waals surface area (Å²) in [5.74, 6) is -0.487. The van der Waals surface area contributed by atoms with Crippen LogP contribution in [-0.4, -0.2) is 69.2 Å². The lowest BCUT2D eigenvalue weighted by molar-refractivity contribution is 0.0383. The molecule has 176 valence electrons. The van der Waals surface area contributed by atoms with E-state index < -0.39 is 0 Å². The largest absolute Gasteiger partial charge is 0.379 e. The highest BCUT2D eigenvalue weighted by Crippen LogP contribution is 2.28. The normalized spacial score (nSPS) is 16.6. The van der Waals surface area contributed by atoms with E-state index in [-0.39, 0.29) is 11.8 Å². The van der Waals surface area contributed by atoms with Gasteiger partial charge in [0.2, 0.25) is 0 Å². The van der Waals surface area contributed by atoms with Gasteiger partial charge < -0.3 is 20.3 Å². The summed E-state index contributed by atoms with van der Waals surface area (Å²) in [5.41, 5.74) is 2.34. The summed E-state index contributed by atoms with van der Waals surface area (Å²) in [4.78, 5) is 30.4. The fourth-order valence-electron chi connectivity index (χ4n) is 4.17. The number of carbonyl (C=O) groups is 2. The van der Waals surface area contributed by atoms with Gasteiger partial charge in [-0.1, -0.05) is 23.2 Å². The second-order valence-electron chi connectivity index (χ2n) is 8.25. The third kappa shape index (κ3) is 6.38. The van der Waals surface area contributed by atoms with E-state index in [0.29, 0.717) is 33.4 Å². The van der Waals surface area contributed by atoms with Gasteiger partial charge in [0.25, 0.3) is 11.8 Å². The number of anilines is 2. The summed E-state index contributed by atoms with van der Waals surface area (Å²) in [7, 11) is 0. The van der Waals surface area contributed by atoms with Crippen molar-refractivity contribution in [1.29, 1.82) is 0 Å². The van der Waals surface area contributed by atoms with Gasteiger partial charge in [-0.3, -0.25) is 14.5 Å². The Balaban J connectivity index is 1.48. The molecule has 0 spiro atoms. The van der Waals surface area contributed by atoms with Crippen LogP contribution in [0.25, 0.3) is 0 Å². The molecule has 2 aromatic rings. The van der Waals surface area contributed by atoms with Crippen LogP contribution >= 0.6 is 23.2 Å². The van der Waals surface area contributed by atoms with E-state index in [1.165, 1.54) is 0 Å². The van der Waals surface area contributed by atoms with Crippen molar-refractivity contribution in [2.24, 2.45) is 0 Å². The van der Waals surface area contributed by atoms with Gasteiger partial charge in [-0.05, 0) is 49.2 Å². The van der Waals surface area contributed by atoms with Crippen LogP contribution in [0.15, 0.2) is 36.4 Å². The molecule has 7 nitrogen and oxygen atoms in total. The molecule has 2 aliphatic rings. The van der Waals surface area contributed by atoms with Crippen LogP contribution in [-0.2, 0) is 4.74 Å². The standard InChI is InChI=1S/C24H28Cl2N4O3/c25-18-13-17(14-19(26)15-18)23(31)28-20-3-4-22(30-6-1-2-7-30)21(16-20)24(32)27-5-8-29-9-11-33-12-10-29/h3-4,13-16H,1-2,5-12H2,(H,27,32)(H,28,31). The number of benzene rings is 2. The van der Waals surface area contributed by atoms with E-state index in [2.05, 4.69) is 20.4 Å². The molecule has 0 aliphatic carbocycles. The van der Waals surface area contributed by atoms with Crippen molar-refractivity contribution in [2.45, 2.75) is 12.8 Å². The van der Waals surface area contributed by atoms with Crippen LogP contribution in [0.2, 0.25) is 10.0 Å². The summed E-state index contributed by atoms with van der Waals surface area (Å²) in [6, 6.07) is 10.2. The van der Waals surface area contributed by atoms with Crippen molar-refractivity contribution in [3.05, 3.63) is 57.6 Å². The van der Waals surface area contributed by atoms with Gasteiger partial charge in [-0.25, -0.2) is 0 Å². The lowest BCUT2D eigenvalue weighted by atomic mass is 10.1. The summed E-state index contributed by atoms with van der Waals surface area (Å²) in [6.45, 7) is 6.38. The van der Waals surface area contributed by atoms with E-state index in [4.69, 9.17) is 27.9 Å². The van der Waals surface area contributed by atoms with E-state index >= 15 is 0 Å². The Kier molecular flexibility index (Phi) is 8.09. The van der Waals surface area contributed by atoms with Crippen LogP contribution < -0.4 is 15.5 Å². The average Bonchev–Trinajstić information content (AvgIpc) is 3.34. The lowest BCUT2D eigenvalue weighted by Crippen LogP contribution is -2.41. The number of carbonyl (C=O) groups excluding carboxylic acids is 2. The molecule has 4 rings (SSSR count). The minimum Gasteiger partial charge on any atom is -0.379 e. The quantitative estimate of drug-likeness (QED) is 0.615. The Morgan fingerprint density at radius 3 is 2.30 bits per heavy atom. The molecule has 0 unspecified atom stereocenters. The molecule has 0 radical (unpaired) electrons. The predicted octanol–water partition coefficient (Wildman–Crippen LogP) is 3.91. The van der Waals surface area contributed by atoms with Crippen molar-refractivity contribution < 1.29 is 14.3 Å². The number of hydrogen-bond acceptors (Lipinski definition) is 5. The maximum atomic E-state index is 13.1. The second kappa shape index (κ2) is 11.2. The van der Waals surface area contributed by atoms with E-state index in [0.717, 1.165) is 64.5 Å². The van der Waals surface area contributed by atoms with Gasteiger partial charge in [0.15, 0.2) is 0 Å². The van der Waals surface area contributed by atoms with Crippen molar-refractivity contribution >= 4 is 46.4 Å². The van der Waals surface area contributed by atoms with Gasteiger partial charge >= 0.3 is 0 Å². The van der Waals surface area contributed by atoms with Crippen molar-refractivity contribution in [1.82, 2.24) is 10.2 Å². The molecule has 0 aromatic heterocycles. The number of rotatable bonds is 7. The summed E-state index contributed by atoms with van der Waals surface area (Å²) < 4.78 is 5.38. The molecule has 0 bridgehead atoms. The molecule has 2 N–H and O–H groups in total. The zero-order valence-corrected chi connectivity index (χ0v) is 19.9. The fourth-order valence-corrected chi connectivity index (χ4v) is 4.69. The molecular formula is C24H28Cl2N4O3. The third-order valence-electron chi connectivity index (χ3n) is 5.89. The van der Waals surface area contributed by atoms with Crippen molar-refractivity contribution in [2.75, 3.05) is 62.7 Å². The smallest absolute Gasteiger partial charge is 0.255 e. The van der Waals surface area contributed by atoms with Gasteiger partial charge in [0, 0.05) is 66.3 Å². The Bertz CT molecular complexity index is 985. The van der Waals surface area contributed by atoms with Gasteiger partial charge in [0.05, 0.1) is 18.8 Å². The number of ether oxygens (including phenoxy) is 1. The SMILES string of the molecule is O=C(Nc1ccc(N2CCCC2)c(C(=O)NCCN2CCOCC2)c1)c1cc(Cl)cc(Cl)c1. The highest BCUT2D eigenvalue weighted by Gasteiger charge is 2.21. The molecule has 2 aromatic carbocycles. The van der Waals surface area contributed by atoms with Crippen LogP contribution in [0, 0.1) is 0 Å². The number of amides is 2. The first-order valence-electron chi connectivity index (χ1n) is 11.2. The highest BCUT2D eigenvalue weighted by molar-refractivity contribution is 6.35. The molecule has 2 saturated heterocycles. The minimum atomic E-state index is -0.341. The van der Waals surface area contributed by atoms with Crippen LogP contribution in [0.3, 0.4) is 0 Å². The zero-order valence-electron chi connectivity index (χ0n) is 18.4. The fraction of sp³-hybridized carbons (Fsp3) is 0.417. The molecule has 33 heavy (non-hydrogen) atoms. The maximum Gasteiger partial charge on any atom is 0.255 e. The van der Waals surface area contributed by atoms with Gasteiger partial charge in [0.1, 0.15) is 0 Å². The van der Waals surface area contributed by atoms with Crippen LogP contribution in [0.5, 0.6) is 0 Å². The molecule has 9 heteroatoms. The van der Waals surface area contributed by atoms with Gasteiger partial charge in [-0.2, -0.15) is 0 Å². The first kappa shape index (κ1) is 23.8. The minimum absolute atomic E-state index is 0.146. The van der Waals surface area contributed by atoms with Crippen LogP contribution in [0.1, 0.15) is 33.6 Å². The number of morpholine rings is 1. The number of nitrogens with zero attached hydrogens (tertiary/aromatic N) is 2. The molecule has 0 saturated carbocycles. The van der Waals surface area contributed by atoms with Crippen molar-refractivity contribution in [3.8, 4) is 0 Å². The molecule has 2 fully saturated rings. The summed E-state index contributed by atoms with van der Waals surface area (Å²) >= 11 is 12.1. The average molecular weight is 491 g/mol. The second-order valence-corrected chi connectivity index (χ2v) is 9.12. The maximum absolute atomic E-state index is 13.1. The number of halogens is 2. The topological polar surface area (TPSA) is 73.9 Å². The lowest BCUT2D eigenvalue weighted by Gasteiger charge is -2.26. The number of nitrogens with one attached hydrogen (secondary N) is 2. The molecule has 2 aliphatic heterocycles. The molecule has 2 heterocycles. The highest BCUT2D eigenvalue weighted by atomic mass is 35.5. The Morgan fingerprint density at radius 1 is 0.909 bits per heavy atom. The molecule has 0 atom stereocenters. The number of hydrogen-bond donors (Lipinski definition) is 2. The van der Waals surface area contributed by atoms with E-state index in [1.807, 2.05) is 12.1 Å². The third-order valence-corrected chi connectivity index (χ3v) is 6.32. The first-order chi connectivity index (χ1) is 16.0. The van der Waals surface area contributed by atoms with E-state index in [9.17, 15) is 9.59 Å². The molecule has 2 amide bonds. The summed E-state index contributed by atoms with van der Waals surface area (Å²) in [6.07, 6.45) is 2.21. The Labute approximate surface area is 204 Å². The van der Waals surface area contributed by atoms with Crippen molar-refractivity contribution in [3.63, 3.8) is 0 Å². The van der Waals surface area contributed by atoms with Gasteiger partial charge in [-0.15, -0.1) is 0 Å². The molecular weight excluding hydrogens is 463 g/mol. The Hall–Kier alpha value is -2.32.